The van der Waals surface area contributed by atoms with E-state index >= 15 is 0 Å². The molecule has 0 spiro atoms. The Morgan fingerprint density at radius 3 is 2.38 bits per heavy atom. The molecular weight excluding hydrogens is 401 g/mol. The number of benzene rings is 2. The smallest absolute Gasteiger partial charge is 0.125 e. The first-order chi connectivity index (χ1) is 15.7. The predicted octanol–water partition coefficient (Wildman–Crippen LogP) is 5.08. The molecule has 4 aromatic rings. The molecule has 0 unspecified atom stereocenters. The molecule has 32 heavy (non-hydrogen) atoms. The van der Waals surface area contributed by atoms with Crippen molar-refractivity contribution in [1.29, 1.82) is 0 Å². The van der Waals surface area contributed by atoms with Crippen molar-refractivity contribution in [2.45, 2.75) is 13.3 Å². The molecule has 2 aromatic heterocycles. The fourth-order valence-corrected chi connectivity index (χ4v) is 4.46. The van der Waals surface area contributed by atoms with Crippen molar-refractivity contribution in [3.05, 3.63) is 72.3 Å². The van der Waals surface area contributed by atoms with Gasteiger partial charge in [0, 0.05) is 72.7 Å². The summed E-state index contributed by atoms with van der Waals surface area (Å²) in [6, 6.07) is 15.2. The van der Waals surface area contributed by atoms with Crippen LogP contribution >= 0.6 is 0 Å². The van der Waals surface area contributed by atoms with Crippen LogP contribution in [0, 0.1) is 18.7 Å². The molecule has 0 radical (unpaired) electrons. The van der Waals surface area contributed by atoms with Gasteiger partial charge in [-0.05, 0) is 55.8 Å². The molecule has 0 amide bonds. The van der Waals surface area contributed by atoms with Crippen LogP contribution in [0.1, 0.15) is 12.0 Å². The third-order valence-electron chi connectivity index (χ3n) is 6.18. The van der Waals surface area contributed by atoms with Gasteiger partial charge in [0.25, 0.3) is 0 Å². The molecule has 0 bridgehead atoms. The van der Waals surface area contributed by atoms with E-state index in [0.29, 0.717) is 11.4 Å². The van der Waals surface area contributed by atoms with Gasteiger partial charge in [0.15, 0.2) is 0 Å². The first kappa shape index (κ1) is 20.6. The van der Waals surface area contributed by atoms with Crippen LogP contribution in [0.3, 0.4) is 0 Å². The molecule has 6 heteroatoms. The Hall–Kier alpha value is -3.25. The Bertz CT molecular complexity index is 1230. The molecule has 1 aliphatic rings. The number of aromatic nitrogens is 2. The van der Waals surface area contributed by atoms with Gasteiger partial charge >= 0.3 is 0 Å². The van der Waals surface area contributed by atoms with E-state index in [1.807, 2.05) is 12.3 Å². The van der Waals surface area contributed by atoms with E-state index < -0.39 is 0 Å². The second-order valence-corrected chi connectivity index (χ2v) is 8.69. The molecule has 3 heterocycles. The normalized spacial score (nSPS) is 14.6. The zero-order valence-corrected chi connectivity index (χ0v) is 18.3. The van der Waals surface area contributed by atoms with Crippen LogP contribution in [-0.4, -0.2) is 47.6 Å². The molecule has 0 aliphatic carbocycles. The minimum Gasteiger partial charge on any atom is -0.384 e. The van der Waals surface area contributed by atoms with Gasteiger partial charge in [-0.15, -0.1) is 0 Å². The van der Waals surface area contributed by atoms with Crippen LogP contribution in [0.5, 0.6) is 0 Å². The molecule has 0 atom stereocenters. The first-order valence-electron chi connectivity index (χ1n) is 11.3. The maximum absolute atomic E-state index is 13.4. The van der Waals surface area contributed by atoms with Gasteiger partial charge in [-0.3, -0.25) is 9.97 Å². The number of likely N-dealkylation sites (tertiary alicyclic amines) is 1. The number of nitrogens with one attached hydrogen (secondary N) is 2. The molecular formula is C26H28FN5. The molecule has 2 aromatic carbocycles. The Balaban J connectivity index is 1.05. The molecule has 5 nitrogen and oxygen atoms in total. The van der Waals surface area contributed by atoms with Gasteiger partial charge in [0.05, 0.1) is 11.0 Å². The van der Waals surface area contributed by atoms with Crippen LogP contribution in [0.2, 0.25) is 0 Å². The highest BCUT2D eigenvalue weighted by atomic mass is 19.1. The Morgan fingerprint density at radius 1 is 0.906 bits per heavy atom. The van der Waals surface area contributed by atoms with Gasteiger partial charge in [-0.25, -0.2) is 4.39 Å². The quantitative estimate of drug-likeness (QED) is 0.383. The lowest BCUT2D eigenvalue weighted by atomic mass is 9.99. The SMILES string of the molecule is Cc1ccc2c(NCCCN3CC(CNc4ccnc5cc(F)ccc45)C3)ccnc2c1. The van der Waals surface area contributed by atoms with Crippen LogP contribution < -0.4 is 10.6 Å². The summed E-state index contributed by atoms with van der Waals surface area (Å²) in [7, 11) is 0. The molecule has 1 saturated heterocycles. The summed E-state index contributed by atoms with van der Waals surface area (Å²) in [6.45, 7) is 7.30. The van der Waals surface area contributed by atoms with E-state index in [9.17, 15) is 4.39 Å². The van der Waals surface area contributed by atoms with Gasteiger partial charge in [-0.2, -0.15) is 0 Å². The molecule has 1 aliphatic heterocycles. The standard InChI is InChI=1S/C26H28FN5/c1-18-3-5-21-23(7-10-29-25(21)13-18)28-9-2-12-32-16-19(17-32)15-31-24-8-11-30-26-14-20(27)4-6-22(24)26/h3-8,10-11,13-14,19H,2,9,12,15-17H2,1H3,(H,28,29)(H,30,31). The van der Waals surface area contributed by atoms with Gasteiger partial charge in [0.1, 0.15) is 5.82 Å². The van der Waals surface area contributed by atoms with Crippen molar-refractivity contribution in [3.63, 3.8) is 0 Å². The molecule has 5 rings (SSSR count). The van der Waals surface area contributed by atoms with Crippen LogP contribution in [0.25, 0.3) is 21.8 Å². The second kappa shape index (κ2) is 9.09. The number of fused-ring (bicyclic) bond motifs is 2. The molecule has 164 valence electrons. The minimum absolute atomic E-state index is 0.251. The lowest BCUT2D eigenvalue weighted by Gasteiger charge is -2.39. The summed E-state index contributed by atoms with van der Waals surface area (Å²) in [6.07, 6.45) is 4.72. The van der Waals surface area contributed by atoms with Crippen molar-refractivity contribution < 1.29 is 4.39 Å². The number of anilines is 2. The van der Waals surface area contributed by atoms with Crippen molar-refractivity contribution in [2.24, 2.45) is 5.92 Å². The van der Waals surface area contributed by atoms with E-state index in [0.717, 1.165) is 61.4 Å². The average molecular weight is 430 g/mol. The van der Waals surface area contributed by atoms with E-state index in [2.05, 4.69) is 56.7 Å². The van der Waals surface area contributed by atoms with Crippen molar-refractivity contribution in [2.75, 3.05) is 43.4 Å². The summed E-state index contributed by atoms with van der Waals surface area (Å²) in [5, 5.41) is 9.26. The molecule has 0 saturated carbocycles. The summed E-state index contributed by atoms with van der Waals surface area (Å²) in [4.78, 5) is 11.2. The average Bonchev–Trinajstić information content (AvgIpc) is 2.76. The number of aryl methyl sites for hydroxylation is 1. The molecule has 2 N–H and O–H groups in total. The lowest BCUT2D eigenvalue weighted by molar-refractivity contribution is 0.109. The number of rotatable bonds is 8. The summed E-state index contributed by atoms with van der Waals surface area (Å²) >= 11 is 0. The van der Waals surface area contributed by atoms with E-state index in [4.69, 9.17) is 0 Å². The zero-order valence-electron chi connectivity index (χ0n) is 18.3. The maximum Gasteiger partial charge on any atom is 0.125 e. The highest BCUT2D eigenvalue weighted by Crippen LogP contribution is 2.25. The van der Waals surface area contributed by atoms with Crippen molar-refractivity contribution >= 4 is 33.2 Å². The van der Waals surface area contributed by atoms with Gasteiger partial charge < -0.3 is 15.5 Å². The van der Waals surface area contributed by atoms with Crippen molar-refractivity contribution in [3.8, 4) is 0 Å². The predicted molar refractivity (Wildman–Crippen MR) is 130 cm³/mol. The Labute approximate surface area is 187 Å². The van der Waals surface area contributed by atoms with E-state index in [-0.39, 0.29) is 5.82 Å². The number of hydrogen-bond acceptors (Lipinski definition) is 5. The Morgan fingerprint density at radius 2 is 1.59 bits per heavy atom. The van der Waals surface area contributed by atoms with Crippen LogP contribution in [0.4, 0.5) is 15.8 Å². The highest BCUT2D eigenvalue weighted by Gasteiger charge is 2.25. The zero-order chi connectivity index (χ0) is 21.9. The first-order valence-corrected chi connectivity index (χ1v) is 11.3. The maximum atomic E-state index is 13.4. The third kappa shape index (κ3) is 4.50. The monoisotopic (exact) mass is 429 g/mol. The molecule has 1 fully saturated rings. The van der Waals surface area contributed by atoms with Gasteiger partial charge in [0.2, 0.25) is 0 Å². The number of pyridine rings is 2. The third-order valence-corrected chi connectivity index (χ3v) is 6.18. The number of hydrogen-bond donors (Lipinski definition) is 2. The van der Waals surface area contributed by atoms with E-state index in [1.54, 1.807) is 12.3 Å². The largest absolute Gasteiger partial charge is 0.384 e. The highest BCUT2D eigenvalue weighted by molar-refractivity contribution is 5.91. The Kier molecular flexibility index (Phi) is 5.86. The van der Waals surface area contributed by atoms with Gasteiger partial charge in [-0.1, -0.05) is 12.1 Å². The number of nitrogens with zero attached hydrogens (tertiary/aromatic N) is 3. The van der Waals surface area contributed by atoms with E-state index in [1.165, 1.54) is 23.1 Å². The van der Waals surface area contributed by atoms with Crippen molar-refractivity contribution in [1.82, 2.24) is 14.9 Å². The van der Waals surface area contributed by atoms with Crippen LogP contribution in [-0.2, 0) is 0 Å². The lowest BCUT2D eigenvalue weighted by Crippen LogP contribution is -2.49. The summed E-state index contributed by atoms with van der Waals surface area (Å²) in [5.74, 6) is 0.387. The number of halogens is 1. The minimum atomic E-state index is -0.251. The topological polar surface area (TPSA) is 53.1 Å². The van der Waals surface area contributed by atoms with Crippen LogP contribution in [0.15, 0.2) is 60.9 Å². The fraction of sp³-hybridized carbons (Fsp3) is 0.308. The fourth-order valence-electron chi connectivity index (χ4n) is 4.46. The second-order valence-electron chi connectivity index (χ2n) is 8.69. The summed E-state index contributed by atoms with van der Waals surface area (Å²) in [5.41, 5.74) is 5.15. The summed E-state index contributed by atoms with van der Waals surface area (Å²) < 4.78 is 13.4.